The second kappa shape index (κ2) is 11.5. The van der Waals surface area contributed by atoms with Crippen LogP contribution in [0.5, 0.6) is 11.5 Å². The van der Waals surface area contributed by atoms with Gasteiger partial charge in [-0.3, -0.25) is 0 Å². The minimum atomic E-state index is -0.627. The maximum absolute atomic E-state index is 13.5. The van der Waals surface area contributed by atoms with Crippen molar-refractivity contribution in [3.05, 3.63) is 95.7 Å². The molecule has 8 nitrogen and oxygen atoms in total. The van der Waals surface area contributed by atoms with Gasteiger partial charge in [0.1, 0.15) is 11.9 Å². The first-order valence-electron chi connectivity index (χ1n) is 12.1. The van der Waals surface area contributed by atoms with Gasteiger partial charge < -0.3 is 29.1 Å². The number of nitrogens with zero attached hydrogens (tertiary/aromatic N) is 2. The van der Waals surface area contributed by atoms with E-state index in [-0.39, 0.29) is 42.5 Å². The molecule has 3 aromatic rings. The van der Waals surface area contributed by atoms with Crippen LogP contribution in [0.3, 0.4) is 0 Å². The number of anilines is 2. The van der Waals surface area contributed by atoms with Crippen LogP contribution in [0.25, 0.3) is 0 Å². The Balaban J connectivity index is 2.04. The van der Waals surface area contributed by atoms with Crippen LogP contribution in [-0.2, 0) is 19.1 Å². The van der Waals surface area contributed by atoms with E-state index in [0.29, 0.717) is 5.69 Å². The van der Waals surface area contributed by atoms with Gasteiger partial charge in [0, 0.05) is 11.4 Å². The Hall–Kier alpha value is -4.46. The molecule has 1 atom stereocenters. The standard InChI is InChI=1S/C29H30N2O6/c1-4-36-28(33)23-19-30(21-12-8-6-9-13-21)27(20-16-17-24(32)25(18-20)35-3)31(22-14-10-7-11-15-22)26(23)29(34)37-5-2/h6-18,27,32H,4-5,19H2,1-3H3. The van der Waals surface area contributed by atoms with Crippen molar-refractivity contribution in [2.45, 2.75) is 20.0 Å². The minimum Gasteiger partial charge on any atom is -0.504 e. The first-order chi connectivity index (χ1) is 18.0. The molecule has 0 radical (unpaired) electrons. The third kappa shape index (κ3) is 5.23. The molecule has 0 spiro atoms. The highest BCUT2D eigenvalue weighted by Crippen LogP contribution is 2.43. The Bertz CT molecular complexity index is 1280. The SMILES string of the molecule is CCOC(=O)C1=C(C(=O)OCC)N(c2ccccc2)C(c2ccc(O)c(OC)c2)N(c2ccccc2)C1. The zero-order valence-electron chi connectivity index (χ0n) is 21.1. The van der Waals surface area contributed by atoms with E-state index in [1.807, 2.05) is 65.6 Å². The Morgan fingerprint density at radius 3 is 2.05 bits per heavy atom. The van der Waals surface area contributed by atoms with E-state index in [0.717, 1.165) is 11.3 Å². The number of esters is 2. The fourth-order valence-electron chi connectivity index (χ4n) is 4.43. The number of carbonyl (C=O) groups excluding carboxylic acids is 2. The first kappa shape index (κ1) is 25.6. The lowest BCUT2D eigenvalue weighted by molar-refractivity contribution is -0.142. The van der Waals surface area contributed by atoms with Crippen molar-refractivity contribution in [3.63, 3.8) is 0 Å². The lowest BCUT2D eigenvalue weighted by atomic mass is 9.99. The van der Waals surface area contributed by atoms with Gasteiger partial charge in [-0.05, 0) is 55.8 Å². The molecule has 0 aromatic heterocycles. The van der Waals surface area contributed by atoms with Gasteiger partial charge in [-0.25, -0.2) is 9.59 Å². The molecule has 37 heavy (non-hydrogen) atoms. The van der Waals surface area contributed by atoms with Crippen LogP contribution >= 0.6 is 0 Å². The molecular formula is C29H30N2O6. The number of hydrogen-bond donors (Lipinski definition) is 1. The van der Waals surface area contributed by atoms with Crippen LogP contribution in [0.15, 0.2) is 90.1 Å². The summed E-state index contributed by atoms with van der Waals surface area (Å²) in [6.07, 6.45) is -0.600. The predicted molar refractivity (Wildman–Crippen MR) is 140 cm³/mol. The molecule has 192 valence electrons. The van der Waals surface area contributed by atoms with Crippen LogP contribution < -0.4 is 14.5 Å². The molecule has 1 heterocycles. The molecule has 0 fully saturated rings. The van der Waals surface area contributed by atoms with Crippen molar-refractivity contribution in [2.24, 2.45) is 0 Å². The molecule has 1 N–H and O–H groups in total. The van der Waals surface area contributed by atoms with Crippen LogP contribution in [0, 0.1) is 0 Å². The summed E-state index contributed by atoms with van der Waals surface area (Å²) in [7, 11) is 1.48. The van der Waals surface area contributed by atoms with Crippen LogP contribution in [-0.4, -0.2) is 43.9 Å². The van der Waals surface area contributed by atoms with Crippen LogP contribution in [0.4, 0.5) is 11.4 Å². The van der Waals surface area contributed by atoms with E-state index in [1.165, 1.54) is 7.11 Å². The van der Waals surface area contributed by atoms with E-state index in [1.54, 1.807) is 36.9 Å². The first-order valence-corrected chi connectivity index (χ1v) is 12.1. The smallest absolute Gasteiger partial charge is 0.355 e. The lowest BCUT2D eigenvalue weighted by Gasteiger charge is -2.47. The largest absolute Gasteiger partial charge is 0.504 e. The van der Waals surface area contributed by atoms with E-state index in [4.69, 9.17) is 14.2 Å². The summed E-state index contributed by atoms with van der Waals surface area (Å²) in [6, 6.07) is 24.0. The summed E-state index contributed by atoms with van der Waals surface area (Å²) in [5.41, 5.74) is 2.52. The molecule has 3 aromatic carbocycles. The molecule has 0 bridgehead atoms. The van der Waals surface area contributed by atoms with Crippen molar-refractivity contribution >= 4 is 23.3 Å². The zero-order chi connectivity index (χ0) is 26.4. The number of phenolic OH excluding ortho intramolecular Hbond substituents is 1. The van der Waals surface area contributed by atoms with Gasteiger partial charge in [-0.15, -0.1) is 0 Å². The van der Waals surface area contributed by atoms with Crippen LogP contribution in [0.1, 0.15) is 25.6 Å². The Morgan fingerprint density at radius 2 is 1.46 bits per heavy atom. The zero-order valence-corrected chi connectivity index (χ0v) is 21.1. The maximum atomic E-state index is 13.5. The second-order valence-electron chi connectivity index (χ2n) is 8.24. The average molecular weight is 503 g/mol. The van der Waals surface area contributed by atoms with E-state index in [2.05, 4.69) is 0 Å². The fourth-order valence-corrected chi connectivity index (χ4v) is 4.43. The van der Waals surface area contributed by atoms with Gasteiger partial charge >= 0.3 is 11.9 Å². The highest BCUT2D eigenvalue weighted by atomic mass is 16.5. The summed E-state index contributed by atoms with van der Waals surface area (Å²) in [5, 5.41) is 10.3. The van der Waals surface area contributed by atoms with Gasteiger partial charge in [-0.1, -0.05) is 42.5 Å². The van der Waals surface area contributed by atoms with Gasteiger partial charge in [0.2, 0.25) is 0 Å². The molecule has 0 saturated carbocycles. The number of phenols is 1. The monoisotopic (exact) mass is 502 g/mol. The molecule has 1 unspecified atom stereocenters. The van der Waals surface area contributed by atoms with Gasteiger partial charge in [0.05, 0.1) is 32.4 Å². The lowest BCUT2D eigenvalue weighted by Crippen LogP contribution is -2.50. The van der Waals surface area contributed by atoms with E-state index in [9.17, 15) is 14.7 Å². The molecule has 1 aliphatic rings. The average Bonchev–Trinajstić information content (AvgIpc) is 2.93. The maximum Gasteiger partial charge on any atom is 0.355 e. The van der Waals surface area contributed by atoms with Crippen molar-refractivity contribution in [1.82, 2.24) is 0 Å². The number of methoxy groups -OCH3 is 1. The summed E-state index contributed by atoms with van der Waals surface area (Å²) in [5.74, 6) is -0.934. The van der Waals surface area contributed by atoms with Crippen molar-refractivity contribution in [3.8, 4) is 11.5 Å². The Labute approximate surface area is 216 Å². The molecule has 4 rings (SSSR count). The minimum absolute atomic E-state index is 0.00653. The topological polar surface area (TPSA) is 88.5 Å². The van der Waals surface area contributed by atoms with Crippen molar-refractivity contribution in [2.75, 3.05) is 36.7 Å². The van der Waals surface area contributed by atoms with E-state index < -0.39 is 18.1 Å². The number of ether oxygens (including phenoxy) is 3. The number of para-hydroxylation sites is 2. The quantitative estimate of drug-likeness (QED) is 0.439. The molecule has 8 heteroatoms. The summed E-state index contributed by atoms with van der Waals surface area (Å²) in [6.45, 7) is 3.83. The van der Waals surface area contributed by atoms with Gasteiger partial charge in [0.15, 0.2) is 11.5 Å². The van der Waals surface area contributed by atoms with Gasteiger partial charge in [0.25, 0.3) is 0 Å². The third-order valence-corrected chi connectivity index (χ3v) is 6.01. The number of benzene rings is 3. The highest BCUT2D eigenvalue weighted by molar-refractivity contribution is 6.04. The summed E-state index contributed by atoms with van der Waals surface area (Å²) < 4.78 is 16.2. The molecule has 0 amide bonds. The fraction of sp³-hybridized carbons (Fsp3) is 0.241. The summed E-state index contributed by atoms with van der Waals surface area (Å²) in [4.78, 5) is 30.5. The predicted octanol–water partition coefficient (Wildman–Crippen LogP) is 4.81. The Kier molecular flexibility index (Phi) is 7.98. The second-order valence-corrected chi connectivity index (χ2v) is 8.24. The number of hydrogen-bond acceptors (Lipinski definition) is 8. The molecule has 0 aliphatic carbocycles. The molecule has 0 saturated heterocycles. The van der Waals surface area contributed by atoms with Crippen molar-refractivity contribution in [1.29, 1.82) is 0 Å². The van der Waals surface area contributed by atoms with Gasteiger partial charge in [-0.2, -0.15) is 0 Å². The normalized spacial score (nSPS) is 15.4. The molecule has 1 aliphatic heterocycles. The van der Waals surface area contributed by atoms with Crippen molar-refractivity contribution < 1.29 is 28.9 Å². The number of carbonyl (C=O) groups is 2. The number of aromatic hydroxyl groups is 1. The molecular weight excluding hydrogens is 472 g/mol. The van der Waals surface area contributed by atoms with E-state index >= 15 is 0 Å². The summed E-state index contributed by atoms with van der Waals surface area (Å²) >= 11 is 0. The Morgan fingerprint density at radius 1 is 0.865 bits per heavy atom. The number of rotatable bonds is 8. The third-order valence-electron chi connectivity index (χ3n) is 6.01. The van der Waals surface area contributed by atoms with Crippen LogP contribution in [0.2, 0.25) is 0 Å². The highest BCUT2D eigenvalue weighted by Gasteiger charge is 2.42.